The number of anilines is 2. The Morgan fingerprint density at radius 1 is 1.33 bits per heavy atom. The third-order valence-corrected chi connectivity index (χ3v) is 4.96. The highest BCUT2D eigenvalue weighted by Crippen LogP contribution is 2.27. The maximum absolute atomic E-state index is 11.9. The predicted octanol–water partition coefficient (Wildman–Crippen LogP) is 4.99. The molecule has 0 atom stereocenters. The van der Waals surface area contributed by atoms with Crippen LogP contribution >= 0.6 is 46.3 Å². The van der Waals surface area contributed by atoms with Crippen LogP contribution in [-0.4, -0.2) is 22.0 Å². The van der Waals surface area contributed by atoms with Crippen molar-refractivity contribution in [2.75, 3.05) is 16.4 Å². The van der Waals surface area contributed by atoms with E-state index in [-0.39, 0.29) is 0 Å². The van der Waals surface area contributed by atoms with E-state index in [1.54, 1.807) is 30.0 Å². The zero-order chi connectivity index (χ0) is 15.2. The molecule has 0 bridgehead atoms. The van der Waals surface area contributed by atoms with Gasteiger partial charge in [-0.3, -0.25) is 5.32 Å². The highest BCUT2D eigenvalue weighted by Gasteiger charge is 2.10. The first-order chi connectivity index (χ1) is 10.1. The number of carbonyl (C=O) groups is 1. The van der Waals surface area contributed by atoms with E-state index < -0.39 is 6.03 Å². The van der Waals surface area contributed by atoms with Gasteiger partial charge in [-0.2, -0.15) is 0 Å². The van der Waals surface area contributed by atoms with Crippen LogP contribution in [0.25, 0.3) is 0 Å². The van der Waals surface area contributed by atoms with Crippen molar-refractivity contribution in [2.24, 2.45) is 0 Å². The number of nitrogens with one attached hydrogen (secondary N) is 2. The van der Waals surface area contributed by atoms with Gasteiger partial charge in [-0.15, -0.1) is 10.2 Å². The Balaban J connectivity index is 1.93. The van der Waals surface area contributed by atoms with E-state index in [1.165, 1.54) is 11.3 Å². The number of rotatable bonds is 5. The van der Waals surface area contributed by atoms with Crippen molar-refractivity contribution in [3.63, 3.8) is 0 Å². The molecule has 0 spiro atoms. The second kappa shape index (κ2) is 7.84. The monoisotopic (exact) mass is 362 g/mol. The molecule has 21 heavy (non-hydrogen) atoms. The van der Waals surface area contributed by atoms with Crippen LogP contribution in [0.2, 0.25) is 10.0 Å². The number of benzene rings is 1. The fourth-order valence-corrected chi connectivity index (χ4v) is 3.48. The molecule has 2 aromatic rings. The third kappa shape index (κ3) is 5.03. The van der Waals surface area contributed by atoms with Crippen molar-refractivity contribution in [1.82, 2.24) is 10.2 Å². The zero-order valence-electron chi connectivity index (χ0n) is 11.0. The van der Waals surface area contributed by atoms with Gasteiger partial charge in [0.15, 0.2) is 4.34 Å². The molecular formula is C12H12Cl2N4OS2. The van der Waals surface area contributed by atoms with Crippen LogP contribution in [0.15, 0.2) is 22.5 Å². The summed E-state index contributed by atoms with van der Waals surface area (Å²) in [5.41, 5.74) is 0.476. The number of halogens is 2. The van der Waals surface area contributed by atoms with Crippen LogP contribution in [0.1, 0.15) is 13.3 Å². The maximum atomic E-state index is 11.9. The molecule has 1 aromatic heterocycles. The topological polar surface area (TPSA) is 66.9 Å². The highest BCUT2D eigenvalue weighted by molar-refractivity contribution is 8.01. The van der Waals surface area contributed by atoms with Gasteiger partial charge in [0, 0.05) is 10.8 Å². The summed E-state index contributed by atoms with van der Waals surface area (Å²) in [4.78, 5) is 11.9. The lowest BCUT2D eigenvalue weighted by Gasteiger charge is -2.07. The van der Waals surface area contributed by atoms with Gasteiger partial charge >= 0.3 is 6.03 Å². The molecular weight excluding hydrogens is 351 g/mol. The lowest BCUT2D eigenvalue weighted by Crippen LogP contribution is -2.19. The average Bonchev–Trinajstić information content (AvgIpc) is 2.87. The lowest BCUT2D eigenvalue weighted by molar-refractivity contribution is 0.262. The molecule has 0 aliphatic carbocycles. The molecule has 0 unspecified atom stereocenters. The quantitative estimate of drug-likeness (QED) is 0.580. The van der Waals surface area contributed by atoms with Crippen LogP contribution in [0.3, 0.4) is 0 Å². The summed E-state index contributed by atoms with van der Waals surface area (Å²) in [6.07, 6.45) is 1.06. The number of nitrogens with zero attached hydrogens (tertiary/aromatic N) is 2. The maximum Gasteiger partial charge on any atom is 0.325 e. The van der Waals surface area contributed by atoms with Crippen LogP contribution < -0.4 is 10.6 Å². The summed E-state index contributed by atoms with van der Waals surface area (Å²) in [6, 6.07) is 4.41. The summed E-state index contributed by atoms with van der Waals surface area (Å²) in [6.45, 7) is 2.09. The second-order valence-electron chi connectivity index (χ2n) is 3.92. The Kier molecular flexibility index (Phi) is 6.10. The Morgan fingerprint density at radius 2 is 2.14 bits per heavy atom. The van der Waals surface area contributed by atoms with E-state index in [1.807, 2.05) is 0 Å². The van der Waals surface area contributed by atoms with Gasteiger partial charge in [0.2, 0.25) is 5.13 Å². The molecule has 2 rings (SSSR count). The van der Waals surface area contributed by atoms with E-state index in [0.717, 1.165) is 16.5 Å². The number of hydrogen-bond donors (Lipinski definition) is 2. The number of carbonyl (C=O) groups excluding carboxylic acids is 1. The van der Waals surface area contributed by atoms with Gasteiger partial charge in [0.1, 0.15) is 0 Å². The van der Waals surface area contributed by atoms with Crippen LogP contribution in [-0.2, 0) is 0 Å². The lowest BCUT2D eigenvalue weighted by atomic mass is 10.3. The Hall–Kier alpha value is -1.02. The van der Waals surface area contributed by atoms with Crippen molar-refractivity contribution < 1.29 is 4.79 Å². The number of aromatic nitrogens is 2. The fraction of sp³-hybridized carbons (Fsp3) is 0.250. The summed E-state index contributed by atoms with van der Waals surface area (Å²) in [7, 11) is 0. The first-order valence-corrected chi connectivity index (χ1v) is 8.63. The minimum atomic E-state index is -0.428. The molecule has 5 nitrogen and oxygen atoms in total. The van der Waals surface area contributed by atoms with Crippen molar-refractivity contribution >= 4 is 63.2 Å². The van der Waals surface area contributed by atoms with Crippen molar-refractivity contribution in [1.29, 1.82) is 0 Å². The van der Waals surface area contributed by atoms with E-state index >= 15 is 0 Å². The predicted molar refractivity (Wildman–Crippen MR) is 90.0 cm³/mol. The molecule has 2 N–H and O–H groups in total. The molecule has 0 saturated heterocycles. The Bertz CT molecular complexity index is 635. The standard InChI is InChI=1S/C12H12Cl2N4OS2/c1-2-5-20-12-18-17-11(21-12)16-10(19)15-9-4-3-7(13)6-8(9)14/h3-4,6H,2,5H2,1H3,(H2,15,16,17,19). The average molecular weight is 363 g/mol. The molecule has 0 fully saturated rings. The zero-order valence-corrected chi connectivity index (χ0v) is 14.2. The molecule has 0 radical (unpaired) electrons. The fourth-order valence-electron chi connectivity index (χ4n) is 1.35. The highest BCUT2D eigenvalue weighted by atomic mass is 35.5. The number of amides is 2. The summed E-state index contributed by atoms with van der Waals surface area (Å²) >= 11 is 14.7. The van der Waals surface area contributed by atoms with Crippen LogP contribution in [0.5, 0.6) is 0 Å². The van der Waals surface area contributed by atoms with E-state index in [2.05, 4.69) is 27.8 Å². The van der Waals surface area contributed by atoms with Crippen molar-refractivity contribution in [3.8, 4) is 0 Å². The summed E-state index contributed by atoms with van der Waals surface area (Å²) < 4.78 is 0.830. The number of thioether (sulfide) groups is 1. The molecule has 0 aliphatic heterocycles. The van der Waals surface area contributed by atoms with Crippen molar-refractivity contribution in [2.45, 2.75) is 17.7 Å². The minimum Gasteiger partial charge on any atom is -0.306 e. The van der Waals surface area contributed by atoms with Gasteiger partial charge in [0.25, 0.3) is 0 Å². The van der Waals surface area contributed by atoms with Crippen LogP contribution in [0, 0.1) is 0 Å². The van der Waals surface area contributed by atoms with Crippen LogP contribution in [0.4, 0.5) is 15.6 Å². The van der Waals surface area contributed by atoms with Gasteiger partial charge in [0.05, 0.1) is 10.7 Å². The SMILES string of the molecule is CCCSc1nnc(NC(=O)Nc2ccc(Cl)cc2Cl)s1. The third-order valence-electron chi connectivity index (χ3n) is 2.24. The molecule has 1 heterocycles. The Labute approximate surface area is 140 Å². The van der Waals surface area contributed by atoms with Crippen molar-refractivity contribution in [3.05, 3.63) is 28.2 Å². The van der Waals surface area contributed by atoms with Gasteiger partial charge in [-0.05, 0) is 24.6 Å². The first kappa shape index (κ1) is 16.4. The van der Waals surface area contributed by atoms with Gasteiger partial charge in [-0.1, -0.05) is 53.2 Å². The van der Waals surface area contributed by atoms with E-state index in [9.17, 15) is 4.79 Å². The molecule has 0 saturated carbocycles. The molecule has 2 amide bonds. The molecule has 0 aliphatic rings. The van der Waals surface area contributed by atoms with E-state index in [0.29, 0.717) is 20.9 Å². The molecule has 112 valence electrons. The molecule has 9 heteroatoms. The smallest absolute Gasteiger partial charge is 0.306 e. The summed E-state index contributed by atoms with van der Waals surface area (Å²) in [5.74, 6) is 0.973. The van der Waals surface area contributed by atoms with Gasteiger partial charge < -0.3 is 5.32 Å². The van der Waals surface area contributed by atoms with Gasteiger partial charge in [-0.25, -0.2) is 4.79 Å². The second-order valence-corrected chi connectivity index (χ2v) is 7.09. The first-order valence-electron chi connectivity index (χ1n) is 6.08. The number of urea groups is 1. The number of hydrogen-bond acceptors (Lipinski definition) is 5. The van der Waals surface area contributed by atoms with E-state index in [4.69, 9.17) is 23.2 Å². The normalized spacial score (nSPS) is 10.4. The molecule has 1 aromatic carbocycles. The summed E-state index contributed by atoms with van der Waals surface area (Å²) in [5, 5.41) is 14.5. The Morgan fingerprint density at radius 3 is 2.86 bits per heavy atom. The minimum absolute atomic E-state index is 0.370. The largest absolute Gasteiger partial charge is 0.325 e.